The summed E-state index contributed by atoms with van der Waals surface area (Å²) in [5.41, 5.74) is 8.97. The minimum atomic E-state index is -3.77. The van der Waals surface area contributed by atoms with Gasteiger partial charge in [-0.05, 0) is 29.7 Å². The standard InChI is InChI=1S/C15H17N3O2S/c16-12-9-10-5-1-2-6-11(10)15(12)18-13-7-3-4-8-14(13)21(17,19)20/h1-8,12,15,18H,9,16H2,(H2,17,19,20). The van der Waals surface area contributed by atoms with E-state index in [2.05, 4.69) is 5.32 Å². The lowest BCUT2D eigenvalue weighted by molar-refractivity contribution is 0.596. The van der Waals surface area contributed by atoms with E-state index in [1.54, 1.807) is 18.2 Å². The van der Waals surface area contributed by atoms with Crippen LogP contribution < -0.4 is 16.2 Å². The Morgan fingerprint density at radius 1 is 1.05 bits per heavy atom. The highest BCUT2D eigenvalue weighted by molar-refractivity contribution is 7.89. The quantitative estimate of drug-likeness (QED) is 0.797. The van der Waals surface area contributed by atoms with Crippen LogP contribution in [0, 0.1) is 0 Å². The average Bonchev–Trinajstić information content (AvgIpc) is 2.75. The van der Waals surface area contributed by atoms with Gasteiger partial charge in [-0.25, -0.2) is 13.6 Å². The maximum absolute atomic E-state index is 11.7. The zero-order chi connectivity index (χ0) is 15.0. The summed E-state index contributed by atoms with van der Waals surface area (Å²) >= 11 is 0. The number of para-hydroxylation sites is 1. The summed E-state index contributed by atoms with van der Waals surface area (Å²) in [4.78, 5) is 0.0848. The van der Waals surface area contributed by atoms with Crippen LogP contribution in [0.5, 0.6) is 0 Å². The smallest absolute Gasteiger partial charge is 0.240 e. The van der Waals surface area contributed by atoms with Crippen molar-refractivity contribution in [1.82, 2.24) is 0 Å². The van der Waals surface area contributed by atoms with Gasteiger partial charge in [0, 0.05) is 6.04 Å². The van der Waals surface area contributed by atoms with Crippen molar-refractivity contribution in [2.24, 2.45) is 10.9 Å². The van der Waals surface area contributed by atoms with E-state index >= 15 is 0 Å². The molecule has 110 valence electrons. The number of primary sulfonamides is 1. The molecule has 0 radical (unpaired) electrons. The summed E-state index contributed by atoms with van der Waals surface area (Å²) in [5, 5.41) is 8.50. The molecule has 0 aliphatic heterocycles. The molecule has 3 rings (SSSR count). The minimum absolute atomic E-state index is 0.0848. The van der Waals surface area contributed by atoms with Gasteiger partial charge in [-0.1, -0.05) is 36.4 Å². The second kappa shape index (κ2) is 5.14. The van der Waals surface area contributed by atoms with Crippen molar-refractivity contribution in [3.8, 4) is 0 Å². The largest absolute Gasteiger partial charge is 0.376 e. The van der Waals surface area contributed by atoms with Crippen LogP contribution in [0.2, 0.25) is 0 Å². The fraction of sp³-hybridized carbons (Fsp3) is 0.200. The lowest BCUT2D eigenvalue weighted by Crippen LogP contribution is -2.30. The van der Waals surface area contributed by atoms with Crippen LogP contribution >= 0.6 is 0 Å². The molecule has 6 heteroatoms. The molecule has 0 saturated carbocycles. The first-order chi connectivity index (χ1) is 9.97. The molecule has 0 fully saturated rings. The summed E-state index contributed by atoms with van der Waals surface area (Å²) in [7, 11) is -3.77. The van der Waals surface area contributed by atoms with Gasteiger partial charge in [0.15, 0.2) is 0 Å². The van der Waals surface area contributed by atoms with Crippen LogP contribution in [0.4, 0.5) is 5.69 Å². The number of anilines is 1. The fourth-order valence-corrected chi connectivity index (χ4v) is 3.51. The van der Waals surface area contributed by atoms with Crippen LogP contribution in [-0.4, -0.2) is 14.5 Å². The van der Waals surface area contributed by atoms with E-state index in [4.69, 9.17) is 10.9 Å². The molecule has 0 amide bonds. The van der Waals surface area contributed by atoms with E-state index in [0.29, 0.717) is 5.69 Å². The number of hydrogen-bond acceptors (Lipinski definition) is 4. The Morgan fingerprint density at radius 2 is 1.71 bits per heavy atom. The van der Waals surface area contributed by atoms with Crippen molar-refractivity contribution >= 4 is 15.7 Å². The Balaban J connectivity index is 1.99. The van der Waals surface area contributed by atoms with E-state index in [1.807, 2.05) is 24.3 Å². The third-order valence-corrected chi connectivity index (χ3v) is 4.75. The summed E-state index contributed by atoms with van der Waals surface area (Å²) in [5.74, 6) is 0. The molecule has 1 aliphatic carbocycles. The summed E-state index contributed by atoms with van der Waals surface area (Å²) in [6, 6.07) is 14.4. The molecule has 0 spiro atoms. The van der Waals surface area contributed by atoms with E-state index in [9.17, 15) is 8.42 Å². The molecule has 0 bridgehead atoms. The van der Waals surface area contributed by atoms with E-state index < -0.39 is 10.0 Å². The van der Waals surface area contributed by atoms with Crippen LogP contribution in [0.25, 0.3) is 0 Å². The Bertz CT molecular complexity index is 774. The molecule has 1 aliphatic rings. The molecule has 0 saturated heterocycles. The number of nitrogens with two attached hydrogens (primary N) is 2. The predicted molar refractivity (Wildman–Crippen MR) is 82.3 cm³/mol. The summed E-state index contributed by atoms with van der Waals surface area (Å²) in [6.45, 7) is 0. The Morgan fingerprint density at radius 3 is 2.48 bits per heavy atom. The molecule has 0 heterocycles. The molecular weight excluding hydrogens is 286 g/mol. The zero-order valence-corrected chi connectivity index (χ0v) is 12.2. The SMILES string of the molecule is NC1Cc2ccccc2C1Nc1ccccc1S(N)(=O)=O. The maximum atomic E-state index is 11.7. The van der Waals surface area contributed by atoms with Gasteiger partial charge < -0.3 is 11.1 Å². The van der Waals surface area contributed by atoms with Crippen molar-refractivity contribution in [2.45, 2.75) is 23.4 Å². The van der Waals surface area contributed by atoms with E-state index in [0.717, 1.165) is 12.0 Å². The van der Waals surface area contributed by atoms with E-state index in [-0.39, 0.29) is 17.0 Å². The topological polar surface area (TPSA) is 98.2 Å². The van der Waals surface area contributed by atoms with E-state index in [1.165, 1.54) is 11.6 Å². The van der Waals surface area contributed by atoms with Crippen molar-refractivity contribution in [1.29, 1.82) is 0 Å². The third kappa shape index (κ3) is 2.65. The monoisotopic (exact) mass is 303 g/mol. The van der Waals surface area contributed by atoms with Gasteiger partial charge in [0.2, 0.25) is 10.0 Å². The highest BCUT2D eigenvalue weighted by Gasteiger charge is 2.30. The number of hydrogen-bond donors (Lipinski definition) is 3. The molecule has 21 heavy (non-hydrogen) atoms. The third-order valence-electron chi connectivity index (χ3n) is 3.78. The van der Waals surface area contributed by atoms with Crippen molar-refractivity contribution in [3.05, 3.63) is 59.7 Å². The minimum Gasteiger partial charge on any atom is -0.376 e. The second-order valence-electron chi connectivity index (χ2n) is 5.23. The number of benzene rings is 2. The van der Waals surface area contributed by atoms with Gasteiger partial charge in [0.25, 0.3) is 0 Å². The van der Waals surface area contributed by atoms with Crippen molar-refractivity contribution in [2.75, 3.05) is 5.32 Å². The highest BCUT2D eigenvalue weighted by atomic mass is 32.2. The number of sulfonamides is 1. The summed E-state index contributed by atoms with van der Waals surface area (Å²) < 4.78 is 23.3. The van der Waals surface area contributed by atoms with Crippen molar-refractivity contribution < 1.29 is 8.42 Å². The molecule has 0 aromatic heterocycles. The lowest BCUT2D eigenvalue weighted by Gasteiger charge is -2.21. The number of nitrogens with one attached hydrogen (secondary N) is 1. The van der Waals surface area contributed by atoms with Gasteiger partial charge >= 0.3 is 0 Å². The van der Waals surface area contributed by atoms with Gasteiger partial charge in [-0.2, -0.15) is 0 Å². The Labute approximate surface area is 124 Å². The van der Waals surface area contributed by atoms with Crippen LogP contribution in [-0.2, 0) is 16.4 Å². The molecule has 5 N–H and O–H groups in total. The molecule has 5 nitrogen and oxygen atoms in total. The van der Waals surface area contributed by atoms with Gasteiger partial charge in [0.1, 0.15) is 4.90 Å². The molecule has 2 unspecified atom stereocenters. The van der Waals surface area contributed by atoms with Crippen LogP contribution in [0.15, 0.2) is 53.4 Å². The first-order valence-electron chi connectivity index (χ1n) is 6.68. The zero-order valence-electron chi connectivity index (χ0n) is 11.4. The molecule has 2 aromatic carbocycles. The fourth-order valence-electron chi connectivity index (χ4n) is 2.81. The first-order valence-corrected chi connectivity index (χ1v) is 8.23. The van der Waals surface area contributed by atoms with Gasteiger partial charge in [0.05, 0.1) is 11.7 Å². The first kappa shape index (κ1) is 14.1. The number of fused-ring (bicyclic) bond motifs is 1. The highest BCUT2D eigenvalue weighted by Crippen LogP contribution is 2.34. The second-order valence-corrected chi connectivity index (χ2v) is 6.76. The average molecular weight is 303 g/mol. The Kier molecular flexibility index (Phi) is 3.44. The van der Waals surface area contributed by atoms with Crippen LogP contribution in [0.3, 0.4) is 0 Å². The van der Waals surface area contributed by atoms with Gasteiger partial charge in [-0.15, -0.1) is 0 Å². The van der Waals surface area contributed by atoms with Crippen LogP contribution in [0.1, 0.15) is 17.2 Å². The van der Waals surface area contributed by atoms with Crippen molar-refractivity contribution in [3.63, 3.8) is 0 Å². The Hall–Kier alpha value is -1.89. The molecular formula is C15H17N3O2S. The molecule has 2 atom stereocenters. The van der Waals surface area contributed by atoms with Gasteiger partial charge in [-0.3, -0.25) is 0 Å². The normalized spacial score (nSPS) is 21.0. The summed E-state index contributed by atoms with van der Waals surface area (Å²) in [6.07, 6.45) is 0.769. The number of rotatable bonds is 3. The molecule has 2 aromatic rings. The lowest BCUT2D eigenvalue weighted by atomic mass is 10.1. The maximum Gasteiger partial charge on any atom is 0.240 e. The predicted octanol–water partition coefficient (Wildman–Crippen LogP) is 1.37.